The molecule has 0 radical (unpaired) electrons. The summed E-state index contributed by atoms with van der Waals surface area (Å²) in [4.78, 5) is 16.2. The molecule has 3 N–H and O–H groups in total. The number of aromatic carboxylic acids is 1. The lowest BCUT2D eigenvalue weighted by Crippen LogP contribution is -1.92. The number of hydrogen-bond acceptors (Lipinski definition) is 7. The molecule has 0 saturated carbocycles. The average Bonchev–Trinajstić information content (AvgIpc) is 3.37. The summed E-state index contributed by atoms with van der Waals surface area (Å²) < 4.78 is 0.954. The van der Waals surface area contributed by atoms with E-state index in [9.17, 15) is 9.90 Å². The fraction of sp³-hybridized carbons (Fsp3) is 0.0476. The Bertz CT molecular complexity index is 1120. The summed E-state index contributed by atoms with van der Waals surface area (Å²) in [7, 11) is 0. The molecule has 0 amide bonds. The van der Waals surface area contributed by atoms with Crippen molar-refractivity contribution in [2.75, 3.05) is 16.9 Å². The van der Waals surface area contributed by atoms with Gasteiger partial charge < -0.3 is 15.7 Å². The molecule has 2 aromatic heterocycles. The van der Waals surface area contributed by atoms with Gasteiger partial charge in [0.25, 0.3) is 0 Å². The first-order valence-electron chi connectivity index (χ1n) is 8.68. The van der Waals surface area contributed by atoms with Crippen molar-refractivity contribution in [2.45, 2.75) is 4.21 Å². The van der Waals surface area contributed by atoms with E-state index in [1.807, 2.05) is 66.2 Å². The Morgan fingerprint density at radius 2 is 1.66 bits per heavy atom. The maximum atomic E-state index is 11.3. The van der Waals surface area contributed by atoms with Crippen molar-refractivity contribution in [1.82, 2.24) is 4.98 Å². The van der Waals surface area contributed by atoms with Crippen LogP contribution in [0.2, 0.25) is 0 Å². The van der Waals surface area contributed by atoms with Crippen LogP contribution in [-0.2, 0) is 0 Å². The fourth-order valence-corrected chi connectivity index (χ4v) is 5.17. The van der Waals surface area contributed by atoms with Crippen molar-refractivity contribution in [3.05, 3.63) is 70.9 Å². The first-order valence-corrected chi connectivity index (χ1v) is 11.6. The molecule has 4 rings (SSSR count). The molecule has 5 nitrogen and oxygen atoms in total. The monoisotopic (exact) mass is 439 g/mol. The zero-order chi connectivity index (χ0) is 20.2. The number of para-hydroxylation sites is 1. The summed E-state index contributed by atoms with van der Waals surface area (Å²) in [5, 5.41) is 18.6. The summed E-state index contributed by atoms with van der Waals surface area (Å²) in [5.41, 5.74) is 4.63. The molecular formula is C21H17N3O2S3. The van der Waals surface area contributed by atoms with Crippen LogP contribution < -0.4 is 10.6 Å². The molecule has 0 saturated heterocycles. The van der Waals surface area contributed by atoms with E-state index < -0.39 is 5.97 Å². The fourth-order valence-electron chi connectivity index (χ4n) is 2.71. The lowest BCUT2D eigenvalue weighted by atomic mass is 10.2. The largest absolute Gasteiger partial charge is 0.477 e. The molecule has 0 unspecified atom stereocenters. The van der Waals surface area contributed by atoms with Gasteiger partial charge in [-0.25, -0.2) is 9.78 Å². The second kappa shape index (κ2) is 8.69. The SMILES string of the molecule is CSc1sc(C(=O)O)cc1-c1csc(Nc2ccc(Nc3ccccc3)cc2)n1. The minimum atomic E-state index is -0.908. The van der Waals surface area contributed by atoms with Crippen molar-refractivity contribution in [3.63, 3.8) is 0 Å². The van der Waals surface area contributed by atoms with E-state index in [2.05, 4.69) is 15.6 Å². The summed E-state index contributed by atoms with van der Waals surface area (Å²) in [5.74, 6) is -0.908. The number of aromatic nitrogens is 1. The second-order valence-electron chi connectivity index (χ2n) is 6.05. The van der Waals surface area contributed by atoms with Gasteiger partial charge in [0.15, 0.2) is 5.13 Å². The van der Waals surface area contributed by atoms with Crippen LogP contribution in [0.25, 0.3) is 11.3 Å². The highest BCUT2D eigenvalue weighted by Crippen LogP contribution is 2.39. The molecule has 2 heterocycles. The number of benzene rings is 2. The van der Waals surface area contributed by atoms with Crippen LogP contribution >= 0.6 is 34.4 Å². The van der Waals surface area contributed by atoms with Crippen LogP contribution in [0.1, 0.15) is 9.67 Å². The number of nitrogens with one attached hydrogen (secondary N) is 2. The number of thiophene rings is 1. The number of carbonyl (C=O) groups is 1. The van der Waals surface area contributed by atoms with Gasteiger partial charge in [0.2, 0.25) is 0 Å². The molecular weight excluding hydrogens is 422 g/mol. The van der Waals surface area contributed by atoms with Crippen LogP contribution in [0.5, 0.6) is 0 Å². The number of nitrogens with zero attached hydrogens (tertiary/aromatic N) is 1. The van der Waals surface area contributed by atoms with Gasteiger partial charge in [-0.3, -0.25) is 0 Å². The van der Waals surface area contributed by atoms with E-state index in [1.54, 1.807) is 6.07 Å². The van der Waals surface area contributed by atoms with E-state index >= 15 is 0 Å². The van der Waals surface area contributed by atoms with Crippen molar-refractivity contribution in [1.29, 1.82) is 0 Å². The summed E-state index contributed by atoms with van der Waals surface area (Å²) in [6.07, 6.45) is 1.94. The minimum Gasteiger partial charge on any atom is -0.477 e. The number of hydrogen-bond donors (Lipinski definition) is 3. The van der Waals surface area contributed by atoms with Gasteiger partial charge in [-0.15, -0.1) is 34.4 Å². The Kier molecular flexibility index (Phi) is 5.84. The molecule has 0 bridgehead atoms. The molecule has 0 atom stereocenters. The average molecular weight is 440 g/mol. The van der Waals surface area contributed by atoms with Gasteiger partial charge in [0.05, 0.1) is 9.90 Å². The standard InChI is InChI=1S/C21H17N3O2S3/c1-27-20-16(11-18(29-20)19(25)26)17-12-28-21(24-17)23-15-9-7-14(8-10-15)22-13-5-3-2-4-6-13/h2-12,22H,1H3,(H,23,24)(H,25,26). The van der Waals surface area contributed by atoms with Gasteiger partial charge >= 0.3 is 5.97 Å². The molecule has 0 aliphatic heterocycles. The quantitative estimate of drug-likeness (QED) is 0.276. The third-order valence-electron chi connectivity index (χ3n) is 4.07. The van der Waals surface area contributed by atoms with E-state index in [0.717, 1.165) is 37.7 Å². The first kappa shape index (κ1) is 19.5. The van der Waals surface area contributed by atoms with Crippen LogP contribution in [-0.4, -0.2) is 22.3 Å². The lowest BCUT2D eigenvalue weighted by molar-refractivity contribution is 0.0702. The molecule has 4 aromatic rings. The summed E-state index contributed by atoms with van der Waals surface area (Å²) in [6.45, 7) is 0. The Balaban J connectivity index is 1.47. The first-order chi connectivity index (χ1) is 14.1. The third kappa shape index (κ3) is 4.61. The topological polar surface area (TPSA) is 74.2 Å². The number of rotatable bonds is 7. The Morgan fingerprint density at radius 1 is 1.00 bits per heavy atom. The predicted molar refractivity (Wildman–Crippen MR) is 124 cm³/mol. The van der Waals surface area contributed by atoms with Crippen LogP contribution in [0, 0.1) is 0 Å². The number of thioether (sulfide) groups is 1. The number of carboxylic acid groups (broad SMARTS) is 1. The smallest absolute Gasteiger partial charge is 0.345 e. The Labute approximate surface area is 180 Å². The highest BCUT2D eigenvalue weighted by atomic mass is 32.2. The highest BCUT2D eigenvalue weighted by molar-refractivity contribution is 8.00. The molecule has 0 aliphatic rings. The highest BCUT2D eigenvalue weighted by Gasteiger charge is 2.17. The van der Waals surface area contributed by atoms with Crippen molar-refractivity contribution < 1.29 is 9.90 Å². The minimum absolute atomic E-state index is 0.327. The zero-order valence-electron chi connectivity index (χ0n) is 15.4. The van der Waals surface area contributed by atoms with Gasteiger partial charge in [-0.05, 0) is 48.7 Å². The maximum absolute atomic E-state index is 11.3. The van der Waals surface area contributed by atoms with Crippen molar-refractivity contribution in [3.8, 4) is 11.3 Å². The lowest BCUT2D eigenvalue weighted by Gasteiger charge is -2.08. The summed E-state index contributed by atoms with van der Waals surface area (Å²) >= 11 is 4.31. The predicted octanol–water partition coefficient (Wildman–Crippen LogP) is 6.78. The number of carboxylic acids is 1. The molecule has 8 heteroatoms. The normalized spacial score (nSPS) is 10.7. The molecule has 146 valence electrons. The van der Waals surface area contributed by atoms with E-state index in [-0.39, 0.29) is 0 Å². The van der Waals surface area contributed by atoms with Gasteiger partial charge in [-0.2, -0.15) is 0 Å². The molecule has 29 heavy (non-hydrogen) atoms. The van der Waals surface area contributed by atoms with E-state index in [0.29, 0.717) is 4.88 Å². The molecule has 0 spiro atoms. The van der Waals surface area contributed by atoms with Crippen LogP contribution in [0.3, 0.4) is 0 Å². The van der Waals surface area contributed by atoms with E-state index in [4.69, 9.17) is 0 Å². The Hall–Kier alpha value is -2.81. The van der Waals surface area contributed by atoms with Crippen LogP contribution in [0.4, 0.5) is 22.2 Å². The third-order valence-corrected chi connectivity index (χ3v) is 7.09. The van der Waals surface area contributed by atoms with Crippen LogP contribution in [0.15, 0.2) is 70.3 Å². The van der Waals surface area contributed by atoms with E-state index in [1.165, 1.54) is 34.4 Å². The van der Waals surface area contributed by atoms with Crippen molar-refractivity contribution in [2.24, 2.45) is 0 Å². The molecule has 0 aliphatic carbocycles. The van der Waals surface area contributed by atoms with Gasteiger partial charge in [-0.1, -0.05) is 18.2 Å². The summed E-state index contributed by atoms with van der Waals surface area (Å²) in [6, 6.07) is 19.7. The second-order valence-corrected chi connectivity index (χ2v) is 9.04. The van der Waals surface area contributed by atoms with Crippen molar-refractivity contribution >= 4 is 62.6 Å². The van der Waals surface area contributed by atoms with Gasteiger partial charge in [0.1, 0.15) is 4.88 Å². The maximum Gasteiger partial charge on any atom is 0.345 e. The zero-order valence-corrected chi connectivity index (χ0v) is 17.8. The Morgan fingerprint density at radius 3 is 2.31 bits per heavy atom. The van der Waals surface area contributed by atoms with Gasteiger partial charge in [0, 0.05) is 28.0 Å². The molecule has 2 aromatic carbocycles. The molecule has 0 fully saturated rings. The number of thiazole rings is 1. The number of anilines is 4.